The van der Waals surface area contributed by atoms with Crippen LogP contribution in [0.2, 0.25) is 0 Å². The molecule has 1 aromatic rings. The molecular weight excluding hydrogens is 394 g/mol. The van der Waals surface area contributed by atoms with Crippen molar-refractivity contribution < 1.29 is 17.5 Å². The van der Waals surface area contributed by atoms with Crippen molar-refractivity contribution >= 4 is 10.1 Å². The maximum absolute atomic E-state index is 11.0. The van der Waals surface area contributed by atoms with Gasteiger partial charge in [0.1, 0.15) is 0 Å². The van der Waals surface area contributed by atoms with Gasteiger partial charge in [-0.05, 0) is 31.2 Å². The quantitative estimate of drug-likeness (QED) is 0.157. The van der Waals surface area contributed by atoms with Crippen LogP contribution in [0.3, 0.4) is 0 Å². The van der Waals surface area contributed by atoms with Crippen LogP contribution >= 0.6 is 0 Å². The van der Waals surface area contributed by atoms with Gasteiger partial charge in [0.25, 0.3) is 10.1 Å². The van der Waals surface area contributed by atoms with E-state index in [4.69, 9.17) is 4.55 Å². The minimum absolute atomic E-state index is 0.121. The van der Waals surface area contributed by atoms with E-state index in [-0.39, 0.29) is 5.75 Å². The Morgan fingerprint density at radius 1 is 0.733 bits per heavy atom. The van der Waals surface area contributed by atoms with Crippen molar-refractivity contribution in [3.63, 3.8) is 0 Å². The minimum atomic E-state index is -3.84. The average molecular weight is 441 g/mol. The van der Waals surface area contributed by atoms with Gasteiger partial charge < -0.3 is 4.48 Å². The fourth-order valence-electron chi connectivity index (χ4n) is 4.14. The zero-order valence-electron chi connectivity index (χ0n) is 19.5. The first kappa shape index (κ1) is 27.1. The van der Waals surface area contributed by atoms with Gasteiger partial charge in [-0.15, -0.1) is 0 Å². The third-order valence-electron chi connectivity index (χ3n) is 6.18. The van der Waals surface area contributed by atoms with E-state index in [2.05, 4.69) is 44.3 Å². The molecule has 1 rings (SSSR count). The molecule has 1 atom stereocenters. The first-order chi connectivity index (χ1) is 14.3. The number of rotatable bonds is 19. The fraction of sp³-hybridized carbons (Fsp3) is 0.760. The summed E-state index contributed by atoms with van der Waals surface area (Å²) < 4.78 is 31.9. The van der Waals surface area contributed by atoms with Crippen molar-refractivity contribution in [2.75, 3.05) is 32.4 Å². The van der Waals surface area contributed by atoms with Gasteiger partial charge in [0.2, 0.25) is 0 Å². The maximum atomic E-state index is 11.0. The molecule has 0 aliphatic heterocycles. The molecule has 1 unspecified atom stereocenters. The molecule has 1 aromatic carbocycles. The predicted octanol–water partition coefficient (Wildman–Crippen LogP) is 6.26. The Bertz CT molecular complexity index is 633. The topological polar surface area (TPSA) is 54.4 Å². The van der Waals surface area contributed by atoms with Gasteiger partial charge in [-0.3, -0.25) is 4.55 Å². The van der Waals surface area contributed by atoms with Crippen molar-refractivity contribution in [1.82, 2.24) is 0 Å². The van der Waals surface area contributed by atoms with Crippen LogP contribution in [0, 0.1) is 0 Å². The first-order valence-corrected chi connectivity index (χ1v) is 13.8. The Balaban J connectivity index is 2.33. The Morgan fingerprint density at radius 2 is 1.23 bits per heavy atom. The van der Waals surface area contributed by atoms with Gasteiger partial charge in [-0.1, -0.05) is 88.6 Å². The molecule has 0 aliphatic carbocycles. The Kier molecular flexibility index (Phi) is 14.3. The molecular formula is C25H46NO3S+. The number of hydrogen-bond donors (Lipinski definition) is 1. The molecule has 0 amide bonds. The van der Waals surface area contributed by atoms with Crippen LogP contribution in [0.4, 0.5) is 0 Å². The van der Waals surface area contributed by atoms with E-state index in [1.165, 1.54) is 69.8 Å². The Morgan fingerprint density at radius 3 is 1.77 bits per heavy atom. The normalized spacial score (nSPS) is 14.0. The number of benzene rings is 1. The second-order valence-electron chi connectivity index (χ2n) is 9.20. The number of likely N-dealkylation sites (N-methyl/N-ethyl adjacent to an activating group) is 1. The maximum Gasteiger partial charge on any atom is 0.264 e. The summed E-state index contributed by atoms with van der Waals surface area (Å²) >= 11 is 0. The van der Waals surface area contributed by atoms with Gasteiger partial charge in [-0.2, -0.15) is 8.42 Å². The third kappa shape index (κ3) is 15.0. The van der Waals surface area contributed by atoms with Crippen LogP contribution in [0.5, 0.6) is 0 Å². The lowest BCUT2D eigenvalue weighted by molar-refractivity contribution is -0.909. The monoisotopic (exact) mass is 440 g/mol. The Hall–Kier alpha value is -0.910. The van der Waals surface area contributed by atoms with Crippen LogP contribution in [0.25, 0.3) is 0 Å². The molecule has 0 saturated carbocycles. The molecule has 1 N–H and O–H groups in total. The number of nitrogens with zero attached hydrogens (tertiary/aromatic N) is 1. The largest absolute Gasteiger partial charge is 0.326 e. The lowest BCUT2D eigenvalue weighted by Gasteiger charge is -2.35. The van der Waals surface area contributed by atoms with E-state index in [0.717, 1.165) is 37.0 Å². The molecule has 0 radical (unpaired) electrons. The van der Waals surface area contributed by atoms with E-state index in [9.17, 15) is 8.42 Å². The highest BCUT2D eigenvalue weighted by Gasteiger charge is 2.21. The van der Waals surface area contributed by atoms with Crippen molar-refractivity contribution in [1.29, 1.82) is 0 Å². The number of quaternary nitrogens is 1. The van der Waals surface area contributed by atoms with Crippen molar-refractivity contribution in [2.45, 2.75) is 90.4 Å². The van der Waals surface area contributed by atoms with Crippen molar-refractivity contribution in [3.05, 3.63) is 35.9 Å². The molecule has 0 saturated heterocycles. The van der Waals surface area contributed by atoms with Crippen molar-refractivity contribution in [2.24, 2.45) is 0 Å². The summed E-state index contributed by atoms with van der Waals surface area (Å²) in [5.41, 5.74) is 1.36. The third-order valence-corrected chi connectivity index (χ3v) is 6.99. The molecule has 0 aromatic heterocycles. The minimum Gasteiger partial charge on any atom is -0.326 e. The zero-order chi connectivity index (χ0) is 22.1. The number of unbranched alkanes of at least 4 members (excludes halogenated alkanes) is 10. The van der Waals surface area contributed by atoms with Gasteiger partial charge >= 0.3 is 0 Å². The summed E-state index contributed by atoms with van der Waals surface area (Å²) in [6.45, 7) is 5.46. The molecule has 0 aliphatic rings. The molecule has 0 spiro atoms. The molecule has 30 heavy (non-hydrogen) atoms. The SMILES string of the molecule is CCCCCCCCCCCC[N+](C)(CCCCS(=O)(=O)O)CCc1ccccc1. The second kappa shape index (κ2) is 15.8. The van der Waals surface area contributed by atoms with Gasteiger partial charge in [0.15, 0.2) is 0 Å². The lowest BCUT2D eigenvalue weighted by Crippen LogP contribution is -2.47. The summed E-state index contributed by atoms with van der Waals surface area (Å²) in [6, 6.07) is 10.6. The van der Waals surface area contributed by atoms with E-state index >= 15 is 0 Å². The Labute approximate surface area is 186 Å². The highest BCUT2D eigenvalue weighted by molar-refractivity contribution is 7.85. The van der Waals surface area contributed by atoms with Gasteiger partial charge in [-0.25, -0.2) is 0 Å². The molecule has 4 nitrogen and oxygen atoms in total. The first-order valence-electron chi connectivity index (χ1n) is 12.2. The van der Waals surface area contributed by atoms with Crippen LogP contribution in [-0.2, 0) is 16.5 Å². The van der Waals surface area contributed by atoms with Crippen molar-refractivity contribution in [3.8, 4) is 0 Å². The molecule has 0 heterocycles. The van der Waals surface area contributed by atoms with Crippen LogP contribution in [0.15, 0.2) is 30.3 Å². The highest BCUT2D eigenvalue weighted by Crippen LogP contribution is 2.15. The van der Waals surface area contributed by atoms with Gasteiger partial charge in [0, 0.05) is 6.42 Å². The van der Waals surface area contributed by atoms with E-state index in [0.29, 0.717) is 6.42 Å². The van der Waals surface area contributed by atoms with Crippen LogP contribution in [-0.4, -0.2) is 49.9 Å². The molecule has 5 heteroatoms. The summed E-state index contributed by atoms with van der Waals surface area (Å²) in [5.74, 6) is -0.121. The van der Waals surface area contributed by atoms with E-state index in [1.54, 1.807) is 0 Å². The number of hydrogen-bond acceptors (Lipinski definition) is 2. The standard InChI is InChI=1S/C25H45NO3S/c1-3-4-5-6-7-8-9-10-11-15-21-26(2,22-16-17-24-30(27,28)29)23-20-25-18-13-12-14-19-25/h12-14,18-19H,3-11,15-17,20-24H2,1-2H3/p+1. The summed E-state index contributed by atoms with van der Waals surface area (Å²) in [7, 11) is -1.53. The average Bonchev–Trinajstić information content (AvgIpc) is 2.71. The smallest absolute Gasteiger partial charge is 0.264 e. The van der Waals surface area contributed by atoms with Crippen LogP contribution < -0.4 is 0 Å². The molecule has 174 valence electrons. The van der Waals surface area contributed by atoms with E-state index < -0.39 is 10.1 Å². The molecule has 0 fully saturated rings. The fourth-order valence-corrected chi connectivity index (χ4v) is 4.71. The summed E-state index contributed by atoms with van der Waals surface area (Å²) in [5, 5.41) is 0. The second-order valence-corrected chi connectivity index (χ2v) is 10.8. The van der Waals surface area contributed by atoms with E-state index in [1.807, 2.05) is 0 Å². The van der Waals surface area contributed by atoms with Crippen LogP contribution in [0.1, 0.15) is 89.5 Å². The highest BCUT2D eigenvalue weighted by atomic mass is 32.2. The summed E-state index contributed by atoms with van der Waals surface area (Å²) in [6.07, 6.45) is 15.9. The lowest BCUT2D eigenvalue weighted by atomic mass is 10.1. The zero-order valence-corrected chi connectivity index (χ0v) is 20.3. The van der Waals surface area contributed by atoms with Gasteiger partial charge in [0.05, 0.1) is 32.4 Å². The predicted molar refractivity (Wildman–Crippen MR) is 128 cm³/mol. The molecule has 0 bridgehead atoms. The summed E-state index contributed by atoms with van der Waals surface area (Å²) in [4.78, 5) is 0.